The zero-order valence-electron chi connectivity index (χ0n) is 14.6. The van der Waals surface area contributed by atoms with E-state index in [0.29, 0.717) is 22.0 Å². The zero-order valence-corrected chi connectivity index (χ0v) is 15.3. The molecule has 0 heterocycles. The maximum absolute atomic E-state index is 12.4. The summed E-state index contributed by atoms with van der Waals surface area (Å²) in [4.78, 5) is 24.1. The van der Waals surface area contributed by atoms with E-state index in [4.69, 9.17) is 21.1 Å². The number of hydrogen-bond acceptors (Lipinski definition) is 4. The van der Waals surface area contributed by atoms with Crippen LogP contribution in [0.1, 0.15) is 28.4 Å². The van der Waals surface area contributed by atoms with Crippen molar-refractivity contribution in [3.63, 3.8) is 0 Å². The van der Waals surface area contributed by atoms with Gasteiger partial charge in [0.1, 0.15) is 5.75 Å². The highest BCUT2D eigenvalue weighted by molar-refractivity contribution is 6.30. The van der Waals surface area contributed by atoms with Crippen LogP contribution in [0.2, 0.25) is 5.02 Å². The minimum atomic E-state index is -0.721. The second-order valence-corrected chi connectivity index (χ2v) is 6.12. The van der Waals surface area contributed by atoms with Gasteiger partial charge in [0.05, 0.1) is 12.7 Å². The molecule has 5 nitrogen and oxygen atoms in total. The molecule has 2 aromatic carbocycles. The quantitative estimate of drug-likeness (QED) is 0.812. The maximum Gasteiger partial charge on any atom is 0.337 e. The number of methoxy groups -OCH3 is 1. The standard InChI is InChI=1S/C19H20ClNO4/c1-11-5-6-14(19(23)24-4)10-16(11)21-18(22)13(3)25-17-8-7-15(20)9-12(17)2/h5-10,13H,1-4H3,(H,21,22)/t13-/m1/s1. The van der Waals surface area contributed by atoms with Gasteiger partial charge in [0, 0.05) is 10.7 Å². The van der Waals surface area contributed by atoms with Crippen LogP contribution in [0.4, 0.5) is 5.69 Å². The molecule has 0 fully saturated rings. The third kappa shape index (κ3) is 4.73. The fourth-order valence-corrected chi connectivity index (χ4v) is 2.45. The average molecular weight is 362 g/mol. The number of hydrogen-bond donors (Lipinski definition) is 1. The molecule has 1 N–H and O–H groups in total. The third-order valence-electron chi connectivity index (χ3n) is 3.73. The average Bonchev–Trinajstić information content (AvgIpc) is 2.58. The van der Waals surface area contributed by atoms with E-state index in [9.17, 15) is 9.59 Å². The number of amides is 1. The first-order valence-corrected chi connectivity index (χ1v) is 8.12. The molecule has 0 spiro atoms. The van der Waals surface area contributed by atoms with Crippen LogP contribution in [-0.4, -0.2) is 25.1 Å². The number of halogens is 1. The molecule has 0 unspecified atom stereocenters. The Balaban J connectivity index is 2.12. The van der Waals surface area contributed by atoms with Crippen molar-refractivity contribution in [2.75, 3.05) is 12.4 Å². The summed E-state index contributed by atoms with van der Waals surface area (Å²) in [6.07, 6.45) is -0.721. The van der Waals surface area contributed by atoms with Gasteiger partial charge in [-0.15, -0.1) is 0 Å². The van der Waals surface area contributed by atoms with Crippen molar-refractivity contribution in [2.45, 2.75) is 26.9 Å². The van der Waals surface area contributed by atoms with Gasteiger partial charge in [0.15, 0.2) is 6.10 Å². The Bertz CT molecular complexity index is 804. The largest absolute Gasteiger partial charge is 0.481 e. The summed E-state index contributed by atoms with van der Waals surface area (Å²) in [5, 5.41) is 3.39. The Morgan fingerprint density at radius 1 is 1.08 bits per heavy atom. The van der Waals surface area contributed by atoms with Crippen LogP contribution in [0.3, 0.4) is 0 Å². The predicted octanol–water partition coefficient (Wildman–Crippen LogP) is 4.15. The number of benzene rings is 2. The molecular weight excluding hydrogens is 342 g/mol. The highest BCUT2D eigenvalue weighted by Crippen LogP contribution is 2.23. The summed E-state index contributed by atoms with van der Waals surface area (Å²) in [7, 11) is 1.31. The molecule has 0 aliphatic heterocycles. The van der Waals surface area contributed by atoms with Gasteiger partial charge in [0.2, 0.25) is 0 Å². The van der Waals surface area contributed by atoms with Crippen LogP contribution in [-0.2, 0) is 9.53 Å². The first-order chi connectivity index (χ1) is 11.8. The lowest BCUT2D eigenvalue weighted by atomic mass is 10.1. The number of carbonyl (C=O) groups is 2. The maximum atomic E-state index is 12.4. The fourth-order valence-electron chi connectivity index (χ4n) is 2.22. The Hall–Kier alpha value is -2.53. The molecule has 0 aliphatic rings. The van der Waals surface area contributed by atoms with Crippen LogP contribution in [0.5, 0.6) is 5.75 Å². The van der Waals surface area contributed by atoms with Crippen molar-refractivity contribution in [2.24, 2.45) is 0 Å². The van der Waals surface area contributed by atoms with Gasteiger partial charge in [-0.1, -0.05) is 17.7 Å². The molecular formula is C19H20ClNO4. The van der Waals surface area contributed by atoms with E-state index < -0.39 is 12.1 Å². The Morgan fingerprint density at radius 2 is 1.80 bits per heavy atom. The van der Waals surface area contributed by atoms with E-state index in [-0.39, 0.29) is 5.91 Å². The minimum absolute atomic E-state index is 0.320. The number of anilines is 1. The number of nitrogens with one attached hydrogen (secondary N) is 1. The monoisotopic (exact) mass is 361 g/mol. The highest BCUT2D eigenvalue weighted by atomic mass is 35.5. The summed E-state index contributed by atoms with van der Waals surface area (Å²) in [5.74, 6) is -0.192. The van der Waals surface area contributed by atoms with Gasteiger partial charge in [-0.3, -0.25) is 4.79 Å². The second-order valence-electron chi connectivity index (χ2n) is 5.68. The summed E-state index contributed by atoms with van der Waals surface area (Å²) in [6.45, 7) is 5.35. The molecule has 2 rings (SSSR count). The lowest BCUT2D eigenvalue weighted by Gasteiger charge is -2.17. The molecule has 0 aromatic heterocycles. The highest BCUT2D eigenvalue weighted by Gasteiger charge is 2.18. The van der Waals surface area contributed by atoms with E-state index >= 15 is 0 Å². The first kappa shape index (κ1) is 18.8. The lowest BCUT2D eigenvalue weighted by molar-refractivity contribution is -0.122. The zero-order chi connectivity index (χ0) is 18.6. The molecule has 132 valence electrons. The summed E-state index contributed by atoms with van der Waals surface area (Å²) in [6, 6.07) is 10.2. The van der Waals surface area contributed by atoms with E-state index in [1.54, 1.807) is 43.3 Å². The van der Waals surface area contributed by atoms with Crippen molar-refractivity contribution in [3.05, 3.63) is 58.1 Å². The number of carbonyl (C=O) groups excluding carboxylic acids is 2. The predicted molar refractivity (Wildman–Crippen MR) is 97.4 cm³/mol. The van der Waals surface area contributed by atoms with E-state index in [2.05, 4.69) is 5.32 Å². The fraction of sp³-hybridized carbons (Fsp3) is 0.263. The summed E-state index contributed by atoms with van der Waals surface area (Å²) >= 11 is 5.92. The topological polar surface area (TPSA) is 64.6 Å². The van der Waals surface area contributed by atoms with Crippen molar-refractivity contribution in [3.8, 4) is 5.75 Å². The Labute approximate surface area is 151 Å². The van der Waals surface area contributed by atoms with Crippen molar-refractivity contribution in [1.29, 1.82) is 0 Å². The molecule has 0 aliphatic carbocycles. The minimum Gasteiger partial charge on any atom is -0.481 e. The molecule has 6 heteroatoms. The van der Waals surface area contributed by atoms with E-state index in [0.717, 1.165) is 11.1 Å². The van der Waals surface area contributed by atoms with E-state index in [1.807, 2.05) is 13.8 Å². The van der Waals surface area contributed by atoms with Crippen molar-refractivity contribution in [1.82, 2.24) is 0 Å². The van der Waals surface area contributed by atoms with Crippen LogP contribution in [0, 0.1) is 13.8 Å². The van der Waals surface area contributed by atoms with Crippen molar-refractivity contribution >= 4 is 29.2 Å². The normalized spacial score (nSPS) is 11.6. The molecule has 0 saturated carbocycles. The second kappa shape index (κ2) is 8.03. The SMILES string of the molecule is COC(=O)c1ccc(C)c(NC(=O)[C@@H](C)Oc2ccc(Cl)cc2C)c1. The van der Waals surface area contributed by atoms with Crippen LogP contribution in [0.15, 0.2) is 36.4 Å². The molecule has 1 atom stereocenters. The van der Waals surface area contributed by atoms with Crippen molar-refractivity contribution < 1.29 is 19.1 Å². The summed E-state index contributed by atoms with van der Waals surface area (Å²) in [5.41, 5.74) is 2.58. The van der Waals surface area contributed by atoms with Gasteiger partial charge < -0.3 is 14.8 Å². The van der Waals surface area contributed by atoms with Gasteiger partial charge in [-0.25, -0.2) is 4.79 Å². The smallest absolute Gasteiger partial charge is 0.337 e. The number of esters is 1. The molecule has 0 radical (unpaired) electrons. The third-order valence-corrected chi connectivity index (χ3v) is 3.96. The van der Waals surface area contributed by atoms with Crippen LogP contribution >= 0.6 is 11.6 Å². The van der Waals surface area contributed by atoms with Crippen LogP contribution in [0.25, 0.3) is 0 Å². The lowest BCUT2D eigenvalue weighted by Crippen LogP contribution is -2.30. The molecule has 25 heavy (non-hydrogen) atoms. The molecule has 1 amide bonds. The van der Waals surface area contributed by atoms with Crippen LogP contribution < -0.4 is 10.1 Å². The Morgan fingerprint density at radius 3 is 2.44 bits per heavy atom. The first-order valence-electron chi connectivity index (χ1n) is 7.74. The molecule has 2 aromatic rings. The summed E-state index contributed by atoms with van der Waals surface area (Å²) < 4.78 is 10.4. The van der Waals surface area contributed by atoms with E-state index in [1.165, 1.54) is 7.11 Å². The van der Waals surface area contributed by atoms with Gasteiger partial charge in [0.25, 0.3) is 5.91 Å². The van der Waals surface area contributed by atoms with Gasteiger partial charge >= 0.3 is 5.97 Å². The molecule has 0 bridgehead atoms. The number of aryl methyl sites for hydroxylation is 2. The Kier molecular flexibility index (Phi) is 6.04. The molecule has 0 saturated heterocycles. The number of rotatable bonds is 5. The number of ether oxygens (including phenoxy) is 2. The van der Waals surface area contributed by atoms with Gasteiger partial charge in [-0.2, -0.15) is 0 Å². The van der Waals surface area contributed by atoms with Gasteiger partial charge in [-0.05, 0) is 62.2 Å².